The summed E-state index contributed by atoms with van der Waals surface area (Å²) in [6.45, 7) is 1.68. The number of carbonyl (C=O) groups is 1. The Morgan fingerprint density at radius 2 is 0.970 bits per heavy atom. The molecule has 196 valence electrons. The third-order valence-corrected chi connectivity index (χ3v) is 3.85. The fraction of sp³-hybridized carbons (Fsp3) is 0.786. The summed E-state index contributed by atoms with van der Waals surface area (Å²) < 4.78 is 226. The largest absolute Gasteiger partial charge is 0.462 e. The SMILES string of the molecule is C=C(C)C(=O)OCCC(F)(F)C(F)(F)C(F)(F)C(F)(F)C(F)(F)C(F)(C(F)(F)F)C(F)(F)F. The lowest BCUT2D eigenvalue weighted by Crippen LogP contribution is -2.76. The molecule has 0 heterocycles. The third-order valence-electron chi connectivity index (χ3n) is 3.85. The van der Waals surface area contributed by atoms with Gasteiger partial charge in [-0.25, -0.2) is 9.18 Å². The van der Waals surface area contributed by atoms with Gasteiger partial charge in [-0.15, -0.1) is 0 Å². The Bertz CT molecular complexity index is 732. The van der Waals surface area contributed by atoms with Crippen LogP contribution in [0.25, 0.3) is 0 Å². The molecule has 0 unspecified atom stereocenters. The van der Waals surface area contributed by atoms with E-state index in [9.17, 15) is 79.4 Å². The fourth-order valence-corrected chi connectivity index (χ4v) is 1.91. The van der Waals surface area contributed by atoms with Gasteiger partial charge >= 0.3 is 53.6 Å². The quantitative estimate of drug-likeness (QED) is 0.193. The molecule has 0 aliphatic rings. The Hall–Kier alpha value is -1.98. The Balaban J connectivity index is 6.52. The molecule has 0 aromatic carbocycles. The second-order valence-corrected chi connectivity index (χ2v) is 6.32. The van der Waals surface area contributed by atoms with Gasteiger partial charge < -0.3 is 4.74 Å². The highest BCUT2D eigenvalue weighted by Gasteiger charge is 2.97. The molecule has 0 atom stereocenters. The Morgan fingerprint density at radius 3 is 1.27 bits per heavy atom. The van der Waals surface area contributed by atoms with Crippen LogP contribution in [0.3, 0.4) is 0 Å². The van der Waals surface area contributed by atoms with Crippen LogP contribution in [0.1, 0.15) is 13.3 Å². The van der Waals surface area contributed by atoms with Crippen molar-refractivity contribution in [2.45, 2.75) is 61.0 Å². The van der Waals surface area contributed by atoms with Crippen molar-refractivity contribution in [2.24, 2.45) is 0 Å². The average Bonchev–Trinajstić information content (AvgIpc) is 2.57. The number of rotatable bonds is 9. The molecule has 0 bridgehead atoms. The van der Waals surface area contributed by atoms with Gasteiger partial charge in [0.25, 0.3) is 0 Å². The maximum atomic E-state index is 13.5. The number of alkyl halides is 17. The first-order valence-electron chi connectivity index (χ1n) is 7.62. The van der Waals surface area contributed by atoms with Crippen molar-refractivity contribution in [1.29, 1.82) is 0 Å². The van der Waals surface area contributed by atoms with Crippen LogP contribution < -0.4 is 0 Å². The minimum Gasteiger partial charge on any atom is -0.462 e. The van der Waals surface area contributed by atoms with Crippen molar-refractivity contribution in [3.05, 3.63) is 12.2 Å². The van der Waals surface area contributed by atoms with Crippen LogP contribution in [0, 0.1) is 0 Å². The Labute approximate surface area is 171 Å². The minimum absolute atomic E-state index is 0.597. The van der Waals surface area contributed by atoms with Crippen molar-refractivity contribution in [2.75, 3.05) is 6.61 Å². The molecule has 0 spiro atoms. The summed E-state index contributed by atoms with van der Waals surface area (Å²) in [6.07, 6.45) is -19.2. The summed E-state index contributed by atoms with van der Waals surface area (Å²) in [4.78, 5) is 10.9. The van der Waals surface area contributed by atoms with E-state index >= 15 is 0 Å². The van der Waals surface area contributed by atoms with E-state index < -0.39 is 72.2 Å². The van der Waals surface area contributed by atoms with Crippen LogP contribution in [0.15, 0.2) is 12.2 Å². The standard InChI is InChI=1S/C14H9F17O2/c1-5(2)6(32)33-4-3-7(15,16)9(18,19)11(22,23)12(24,25)10(20,21)8(17,13(26,27)28)14(29,30)31/h1,3-4H2,2H3. The zero-order valence-electron chi connectivity index (χ0n) is 15.4. The third kappa shape index (κ3) is 4.54. The lowest BCUT2D eigenvalue weighted by molar-refractivity contribution is -0.465. The van der Waals surface area contributed by atoms with Crippen molar-refractivity contribution in [1.82, 2.24) is 0 Å². The minimum atomic E-state index is -8.80. The maximum absolute atomic E-state index is 13.5. The molecular weight excluding hydrogens is 523 g/mol. The van der Waals surface area contributed by atoms with Crippen LogP contribution in [-0.4, -0.2) is 60.2 Å². The van der Waals surface area contributed by atoms with Crippen LogP contribution in [0.4, 0.5) is 74.6 Å². The Kier molecular flexibility index (Phi) is 7.85. The summed E-state index contributed by atoms with van der Waals surface area (Å²) in [7, 11) is 0. The molecule has 0 saturated carbocycles. The van der Waals surface area contributed by atoms with Gasteiger partial charge in [0, 0.05) is 5.57 Å². The molecule has 0 aliphatic carbocycles. The summed E-state index contributed by atoms with van der Waals surface area (Å²) in [6, 6.07) is 0. The first-order chi connectivity index (χ1) is 14.1. The van der Waals surface area contributed by atoms with Crippen LogP contribution >= 0.6 is 0 Å². The van der Waals surface area contributed by atoms with E-state index in [1.807, 2.05) is 0 Å². The van der Waals surface area contributed by atoms with Crippen molar-refractivity contribution in [3.8, 4) is 0 Å². The smallest absolute Gasteiger partial charge is 0.438 e. The van der Waals surface area contributed by atoms with Crippen LogP contribution in [0.2, 0.25) is 0 Å². The molecule has 19 heteroatoms. The molecule has 0 aromatic heterocycles. The highest BCUT2D eigenvalue weighted by molar-refractivity contribution is 5.86. The summed E-state index contributed by atoms with van der Waals surface area (Å²) in [5.74, 6) is -42.0. The van der Waals surface area contributed by atoms with Gasteiger partial charge in [-0.3, -0.25) is 0 Å². The monoisotopic (exact) mass is 532 g/mol. The lowest BCUT2D eigenvalue weighted by atomic mass is 9.84. The molecule has 0 N–H and O–H groups in total. The van der Waals surface area contributed by atoms with Crippen LogP contribution in [0.5, 0.6) is 0 Å². The van der Waals surface area contributed by atoms with E-state index in [2.05, 4.69) is 11.3 Å². The first-order valence-corrected chi connectivity index (χ1v) is 7.62. The van der Waals surface area contributed by atoms with E-state index in [0.717, 1.165) is 6.92 Å². The first kappa shape index (κ1) is 31.0. The van der Waals surface area contributed by atoms with Gasteiger partial charge in [-0.1, -0.05) is 6.58 Å². The average molecular weight is 532 g/mol. The second kappa shape index (κ2) is 8.35. The second-order valence-electron chi connectivity index (χ2n) is 6.32. The molecular formula is C14H9F17O2. The highest BCUT2D eigenvalue weighted by Crippen LogP contribution is 2.65. The summed E-state index contributed by atoms with van der Waals surface area (Å²) >= 11 is 0. The predicted octanol–water partition coefficient (Wildman–Crippen LogP) is 6.51. The van der Waals surface area contributed by atoms with Gasteiger partial charge in [0.15, 0.2) is 0 Å². The maximum Gasteiger partial charge on any atom is 0.438 e. The molecule has 33 heavy (non-hydrogen) atoms. The molecule has 0 aromatic rings. The molecule has 0 rings (SSSR count). The van der Waals surface area contributed by atoms with Crippen molar-refractivity contribution in [3.63, 3.8) is 0 Å². The lowest BCUT2D eigenvalue weighted by Gasteiger charge is -2.44. The highest BCUT2D eigenvalue weighted by atomic mass is 19.4. The van der Waals surface area contributed by atoms with Crippen molar-refractivity contribution < 1.29 is 84.2 Å². The van der Waals surface area contributed by atoms with Crippen LogP contribution in [-0.2, 0) is 9.53 Å². The summed E-state index contributed by atoms with van der Waals surface area (Å²) in [5.41, 5.74) is -9.18. The zero-order valence-corrected chi connectivity index (χ0v) is 15.4. The molecule has 2 nitrogen and oxygen atoms in total. The van der Waals surface area contributed by atoms with Gasteiger partial charge in [0.05, 0.1) is 13.0 Å². The Morgan fingerprint density at radius 1 is 0.636 bits per heavy atom. The van der Waals surface area contributed by atoms with Gasteiger partial charge in [0.1, 0.15) is 0 Å². The molecule has 0 aliphatic heterocycles. The molecule has 0 saturated heterocycles. The fourth-order valence-electron chi connectivity index (χ4n) is 1.91. The summed E-state index contributed by atoms with van der Waals surface area (Å²) in [5, 5.41) is 0. The normalized spacial score (nSPS) is 15.5. The number of esters is 1. The molecule has 0 amide bonds. The number of halogens is 17. The van der Waals surface area contributed by atoms with E-state index in [1.54, 1.807) is 0 Å². The molecule has 0 radical (unpaired) electrons. The van der Waals surface area contributed by atoms with E-state index in [0.29, 0.717) is 0 Å². The number of hydrogen-bond donors (Lipinski definition) is 0. The topological polar surface area (TPSA) is 26.3 Å². The van der Waals surface area contributed by atoms with E-state index in [4.69, 9.17) is 0 Å². The van der Waals surface area contributed by atoms with Gasteiger partial charge in [0.2, 0.25) is 0 Å². The van der Waals surface area contributed by atoms with Crippen molar-refractivity contribution >= 4 is 5.97 Å². The molecule has 0 fully saturated rings. The van der Waals surface area contributed by atoms with E-state index in [1.165, 1.54) is 0 Å². The van der Waals surface area contributed by atoms with Gasteiger partial charge in [-0.2, -0.15) is 70.2 Å². The number of ether oxygens (including phenoxy) is 1. The van der Waals surface area contributed by atoms with Gasteiger partial charge in [-0.05, 0) is 6.92 Å². The zero-order chi connectivity index (χ0) is 27.3. The predicted molar refractivity (Wildman–Crippen MR) is 71.1 cm³/mol. The number of carbonyl (C=O) groups excluding carboxylic acids is 1. The van der Waals surface area contributed by atoms with E-state index in [-0.39, 0.29) is 0 Å². The number of hydrogen-bond acceptors (Lipinski definition) is 2.